The van der Waals surface area contributed by atoms with Gasteiger partial charge in [-0.15, -0.1) is 0 Å². The van der Waals surface area contributed by atoms with Gasteiger partial charge in [0.1, 0.15) is 5.69 Å². The van der Waals surface area contributed by atoms with Gasteiger partial charge >= 0.3 is 5.97 Å². The highest BCUT2D eigenvalue weighted by Crippen LogP contribution is 2.20. The number of aromatic nitrogens is 1. The topological polar surface area (TPSA) is 74.4 Å². The molecule has 0 atom stereocenters. The molecule has 1 saturated heterocycles. The van der Waals surface area contributed by atoms with Crippen LogP contribution in [0.4, 0.5) is 0 Å². The van der Waals surface area contributed by atoms with E-state index in [1.165, 1.54) is 19.3 Å². The van der Waals surface area contributed by atoms with Crippen LogP contribution >= 0.6 is 0 Å². The number of aromatic amines is 1. The molecule has 0 aliphatic carbocycles. The van der Waals surface area contributed by atoms with Crippen LogP contribution in [0.3, 0.4) is 0 Å². The number of piperidine rings is 1. The fourth-order valence-corrected chi connectivity index (χ4v) is 3.43. The number of hydrogen-bond donors (Lipinski definition) is 2. The average Bonchev–Trinajstić information content (AvgIpc) is 2.88. The van der Waals surface area contributed by atoms with E-state index in [9.17, 15) is 9.59 Å². The lowest BCUT2D eigenvalue weighted by atomic mass is 10.0. The molecular formula is C19H31N3O3. The molecule has 2 heterocycles. The monoisotopic (exact) mass is 349 g/mol. The van der Waals surface area contributed by atoms with Crippen LogP contribution in [0.15, 0.2) is 0 Å². The zero-order valence-electron chi connectivity index (χ0n) is 15.7. The van der Waals surface area contributed by atoms with E-state index in [2.05, 4.69) is 15.2 Å². The third kappa shape index (κ3) is 5.59. The number of H-pyrrole nitrogens is 1. The molecule has 25 heavy (non-hydrogen) atoms. The van der Waals surface area contributed by atoms with Crippen molar-refractivity contribution in [3.8, 4) is 0 Å². The molecule has 1 amide bonds. The summed E-state index contributed by atoms with van der Waals surface area (Å²) in [5.41, 5.74) is 3.35. The van der Waals surface area contributed by atoms with E-state index in [1.807, 2.05) is 13.8 Å². The van der Waals surface area contributed by atoms with Crippen molar-refractivity contribution in [3.05, 3.63) is 22.5 Å². The Hall–Kier alpha value is -1.82. The standard InChI is InChI=1S/C19H31N3O3/c1-4-25-19(24)18-14(2)16(15(3)21-18)8-9-17(23)20-10-13-22-11-6-5-7-12-22/h21H,4-13H2,1-3H3,(H,20,23). The molecule has 1 aromatic heterocycles. The number of ether oxygens (including phenoxy) is 1. The molecule has 6 nitrogen and oxygen atoms in total. The third-order valence-electron chi connectivity index (χ3n) is 4.87. The normalized spacial score (nSPS) is 15.2. The van der Waals surface area contributed by atoms with Gasteiger partial charge in [0.2, 0.25) is 5.91 Å². The molecular weight excluding hydrogens is 318 g/mol. The van der Waals surface area contributed by atoms with Gasteiger partial charge in [0, 0.05) is 25.2 Å². The van der Waals surface area contributed by atoms with Gasteiger partial charge in [-0.05, 0) is 64.3 Å². The highest BCUT2D eigenvalue weighted by Gasteiger charge is 2.18. The Labute approximate surface area is 150 Å². The number of rotatable bonds is 8. The highest BCUT2D eigenvalue weighted by molar-refractivity contribution is 5.90. The summed E-state index contributed by atoms with van der Waals surface area (Å²) in [5, 5.41) is 3.01. The Morgan fingerprint density at radius 3 is 2.60 bits per heavy atom. The minimum Gasteiger partial charge on any atom is -0.461 e. The number of esters is 1. The van der Waals surface area contributed by atoms with Crippen LogP contribution in [0.1, 0.15) is 59.9 Å². The largest absolute Gasteiger partial charge is 0.461 e. The summed E-state index contributed by atoms with van der Waals surface area (Å²) in [6, 6.07) is 0. The minimum absolute atomic E-state index is 0.0645. The highest BCUT2D eigenvalue weighted by atomic mass is 16.5. The number of nitrogens with one attached hydrogen (secondary N) is 2. The Morgan fingerprint density at radius 2 is 1.92 bits per heavy atom. The van der Waals surface area contributed by atoms with Crippen LogP contribution in [0.25, 0.3) is 0 Å². The summed E-state index contributed by atoms with van der Waals surface area (Å²) in [6.07, 6.45) is 4.92. The molecule has 0 radical (unpaired) electrons. The van der Waals surface area contributed by atoms with E-state index < -0.39 is 0 Å². The second-order valence-electron chi connectivity index (χ2n) is 6.70. The SMILES string of the molecule is CCOC(=O)c1[nH]c(C)c(CCC(=O)NCCN2CCCCC2)c1C. The van der Waals surface area contributed by atoms with Crippen molar-refractivity contribution in [1.82, 2.24) is 15.2 Å². The van der Waals surface area contributed by atoms with Crippen LogP contribution in [0.5, 0.6) is 0 Å². The Balaban J connectivity index is 1.78. The van der Waals surface area contributed by atoms with Gasteiger partial charge < -0.3 is 19.9 Å². The van der Waals surface area contributed by atoms with Crippen LogP contribution in [0, 0.1) is 13.8 Å². The van der Waals surface area contributed by atoms with Gasteiger partial charge in [-0.2, -0.15) is 0 Å². The van der Waals surface area contributed by atoms with E-state index in [0.29, 0.717) is 31.7 Å². The lowest BCUT2D eigenvalue weighted by Crippen LogP contribution is -2.37. The lowest BCUT2D eigenvalue weighted by molar-refractivity contribution is -0.121. The third-order valence-corrected chi connectivity index (χ3v) is 4.87. The van der Waals surface area contributed by atoms with E-state index in [4.69, 9.17) is 4.74 Å². The zero-order valence-corrected chi connectivity index (χ0v) is 15.7. The lowest BCUT2D eigenvalue weighted by Gasteiger charge is -2.26. The van der Waals surface area contributed by atoms with Crippen LogP contribution in [-0.2, 0) is 16.0 Å². The Bertz CT molecular complexity index is 589. The van der Waals surface area contributed by atoms with Crippen molar-refractivity contribution in [1.29, 1.82) is 0 Å². The van der Waals surface area contributed by atoms with E-state index >= 15 is 0 Å². The minimum atomic E-state index is -0.333. The van der Waals surface area contributed by atoms with Crippen molar-refractivity contribution in [2.24, 2.45) is 0 Å². The molecule has 0 unspecified atom stereocenters. The smallest absolute Gasteiger partial charge is 0.355 e. The predicted octanol–water partition coefficient (Wildman–Crippen LogP) is 2.34. The maximum atomic E-state index is 12.1. The van der Waals surface area contributed by atoms with Gasteiger partial charge in [-0.1, -0.05) is 6.42 Å². The maximum Gasteiger partial charge on any atom is 0.355 e. The van der Waals surface area contributed by atoms with E-state index in [1.54, 1.807) is 6.92 Å². The summed E-state index contributed by atoms with van der Waals surface area (Å²) >= 11 is 0. The number of carbonyl (C=O) groups excluding carboxylic acids is 2. The second kappa shape index (κ2) is 9.61. The van der Waals surface area contributed by atoms with E-state index in [-0.39, 0.29) is 11.9 Å². The molecule has 0 bridgehead atoms. The van der Waals surface area contributed by atoms with Crippen molar-refractivity contribution in [3.63, 3.8) is 0 Å². The fraction of sp³-hybridized carbons (Fsp3) is 0.684. The molecule has 1 aromatic rings. The zero-order chi connectivity index (χ0) is 18.2. The first kappa shape index (κ1) is 19.5. The predicted molar refractivity (Wildman–Crippen MR) is 97.8 cm³/mol. The molecule has 0 spiro atoms. The van der Waals surface area contributed by atoms with Crippen LogP contribution < -0.4 is 5.32 Å². The molecule has 2 N–H and O–H groups in total. The number of aryl methyl sites for hydroxylation is 1. The van der Waals surface area contributed by atoms with Crippen LogP contribution in [-0.4, -0.2) is 54.5 Å². The number of hydrogen-bond acceptors (Lipinski definition) is 4. The van der Waals surface area contributed by atoms with Crippen molar-refractivity contribution in [2.75, 3.05) is 32.8 Å². The molecule has 140 valence electrons. The molecule has 2 rings (SSSR count). The molecule has 1 fully saturated rings. The first-order valence-electron chi connectivity index (χ1n) is 9.37. The average molecular weight is 349 g/mol. The number of nitrogens with zero attached hydrogens (tertiary/aromatic N) is 1. The van der Waals surface area contributed by atoms with Crippen molar-refractivity contribution < 1.29 is 14.3 Å². The molecule has 0 aromatic carbocycles. The first-order valence-corrected chi connectivity index (χ1v) is 9.37. The summed E-state index contributed by atoms with van der Waals surface area (Å²) in [7, 11) is 0. The molecule has 1 aliphatic rings. The first-order chi connectivity index (χ1) is 12.0. The maximum absolute atomic E-state index is 12.1. The van der Waals surface area contributed by atoms with Gasteiger partial charge in [-0.3, -0.25) is 4.79 Å². The number of amides is 1. The van der Waals surface area contributed by atoms with Crippen molar-refractivity contribution >= 4 is 11.9 Å². The second-order valence-corrected chi connectivity index (χ2v) is 6.70. The van der Waals surface area contributed by atoms with Gasteiger partial charge in [0.15, 0.2) is 0 Å². The Morgan fingerprint density at radius 1 is 1.20 bits per heavy atom. The molecule has 6 heteroatoms. The molecule has 1 aliphatic heterocycles. The summed E-state index contributed by atoms with van der Waals surface area (Å²) in [5.74, 6) is -0.268. The summed E-state index contributed by atoms with van der Waals surface area (Å²) in [6.45, 7) is 9.91. The quantitative estimate of drug-likeness (QED) is 0.707. The summed E-state index contributed by atoms with van der Waals surface area (Å²) < 4.78 is 5.06. The Kier molecular flexibility index (Phi) is 7.50. The summed E-state index contributed by atoms with van der Waals surface area (Å²) in [4.78, 5) is 29.5. The number of likely N-dealkylation sites (tertiary alicyclic amines) is 1. The van der Waals surface area contributed by atoms with E-state index in [0.717, 1.165) is 36.5 Å². The van der Waals surface area contributed by atoms with Gasteiger partial charge in [0.25, 0.3) is 0 Å². The van der Waals surface area contributed by atoms with Crippen molar-refractivity contribution in [2.45, 2.75) is 52.9 Å². The fourth-order valence-electron chi connectivity index (χ4n) is 3.43. The van der Waals surface area contributed by atoms with Crippen LogP contribution in [0.2, 0.25) is 0 Å². The van der Waals surface area contributed by atoms with Gasteiger partial charge in [0.05, 0.1) is 6.61 Å². The molecule has 0 saturated carbocycles. The number of carbonyl (C=O) groups is 2. The van der Waals surface area contributed by atoms with Gasteiger partial charge in [-0.25, -0.2) is 4.79 Å².